The Morgan fingerprint density at radius 3 is 2.23 bits per heavy atom. The predicted octanol–water partition coefficient (Wildman–Crippen LogP) is 3.73. The first-order valence-corrected chi connectivity index (χ1v) is 7.53. The standard InChI is InChI=1S/C19H23NO2/c1-13-5-7-17(15(3)11-13)19(21)20-9-10-22-18-8-6-14(2)12-16(18)4/h5-8,11-12H,9-10H2,1-4H3,(H,20,21). The molecule has 0 aliphatic rings. The van der Waals surface area contributed by atoms with Crippen molar-refractivity contribution in [2.75, 3.05) is 13.2 Å². The van der Waals surface area contributed by atoms with Gasteiger partial charge in [-0.3, -0.25) is 4.79 Å². The number of rotatable bonds is 5. The Kier molecular flexibility index (Phi) is 5.21. The third-order valence-corrected chi connectivity index (χ3v) is 3.60. The molecule has 3 heteroatoms. The Morgan fingerprint density at radius 2 is 1.59 bits per heavy atom. The molecule has 3 nitrogen and oxygen atoms in total. The summed E-state index contributed by atoms with van der Waals surface area (Å²) in [6.45, 7) is 9.00. The number of amides is 1. The van der Waals surface area contributed by atoms with Crippen molar-refractivity contribution < 1.29 is 9.53 Å². The van der Waals surface area contributed by atoms with Crippen molar-refractivity contribution in [2.24, 2.45) is 0 Å². The van der Waals surface area contributed by atoms with Gasteiger partial charge in [0.05, 0.1) is 6.54 Å². The van der Waals surface area contributed by atoms with E-state index in [4.69, 9.17) is 4.74 Å². The molecule has 0 saturated heterocycles. The van der Waals surface area contributed by atoms with E-state index in [0.717, 1.165) is 28.0 Å². The zero-order valence-corrected chi connectivity index (χ0v) is 13.7. The third-order valence-electron chi connectivity index (χ3n) is 3.60. The first-order chi connectivity index (χ1) is 10.5. The highest BCUT2D eigenvalue weighted by Crippen LogP contribution is 2.18. The smallest absolute Gasteiger partial charge is 0.251 e. The van der Waals surface area contributed by atoms with Gasteiger partial charge in [-0.05, 0) is 51.0 Å². The van der Waals surface area contributed by atoms with Crippen LogP contribution in [-0.2, 0) is 0 Å². The SMILES string of the molecule is Cc1ccc(OCCNC(=O)c2ccc(C)cc2C)c(C)c1. The summed E-state index contributed by atoms with van der Waals surface area (Å²) in [5.41, 5.74) is 5.20. The summed E-state index contributed by atoms with van der Waals surface area (Å²) in [5.74, 6) is 0.813. The zero-order valence-electron chi connectivity index (χ0n) is 13.7. The van der Waals surface area contributed by atoms with Crippen LogP contribution in [-0.4, -0.2) is 19.1 Å². The summed E-state index contributed by atoms with van der Waals surface area (Å²) in [7, 11) is 0. The highest BCUT2D eigenvalue weighted by molar-refractivity contribution is 5.95. The van der Waals surface area contributed by atoms with Crippen LogP contribution < -0.4 is 10.1 Å². The van der Waals surface area contributed by atoms with Crippen LogP contribution >= 0.6 is 0 Å². The first-order valence-electron chi connectivity index (χ1n) is 7.53. The van der Waals surface area contributed by atoms with E-state index in [2.05, 4.69) is 18.3 Å². The van der Waals surface area contributed by atoms with E-state index < -0.39 is 0 Å². The Morgan fingerprint density at radius 1 is 0.955 bits per heavy atom. The molecular formula is C19H23NO2. The van der Waals surface area contributed by atoms with Crippen molar-refractivity contribution in [3.05, 3.63) is 64.2 Å². The zero-order chi connectivity index (χ0) is 16.1. The summed E-state index contributed by atoms with van der Waals surface area (Å²) >= 11 is 0. The third kappa shape index (κ3) is 4.10. The number of carbonyl (C=O) groups excluding carboxylic acids is 1. The maximum absolute atomic E-state index is 12.1. The van der Waals surface area contributed by atoms with Gasteiger partial charge in [0, 0.05) is 5.56 Å². The number of benzene rings is 2. The monoisotopic (exact) mass is 297 g/mol. The predicted molar refractivity (Wildman–Crippen MR) is 89.7 cm³/mol. The Hall–Kier alpha value is -2.29. The molecule has 0 radical (unpaired) electrons. The van der Waals surface area contributed by atoms with Gasteiger partial charge < -0.3 is 10.1 Å². The molecule has 0 aromatic heterocycles. The molecule has 0 aliphatic carbocycles. The summed E-state index contributed by atoms with van der Waals surface area (Å²) in [6, 6.07) is 11.9. The lowest BCUT2D eigenvalue weighted by Gasteiger charge is -2.11. The molecule has 2 aromatic carbocycles. The lowest BCUT2D eigenvalue weighted by atomic mass is 10.1. The van der Waals surface area contributed by atoms with E-state index in [1.165, 1.54) is 5.56 Å². The van der Waals surface area contributed by atoms with Gasteiger partial charge >= 0.3 is 0 Å². The van der Waals surface area contributed by atoms with E-state index in [0.29, 0.717) is 13.2 Å². The molecule has 0 unspecified atom stereocenters. The van der Waals surface area contributed by atoms with Crippen molar-refractivity contribution in [1.29, 1.82) is 0 Å². The molecule has 2 rings (SSSR count). The molecule has 22 heavy (non-hydrogen) atoms. The average molecular weight is 297 g/mol. The summed E-state index contributed by atoms with van der Waals surface area (Å²) in [6.07, 6.45) is 0. The molecule has 2 aromatic rings. The molecular weight excluding hydrogens is 274 g/mol. The first kappa shape index (κ1) is 16.1. The number of carbonyl (C=O) groups is 1. The van der Waals surface area contributed by atoms with E-state index in [1.54, 1.807) is 0 Å². The molecule has 116 valence electrons. The fourth-order valence-electron chi connectivity index (χ4n) is 2.45. The number of aryl methyl sites for hydroxylation is 4. The van der Waals surface area contributed by atoms with Crippen molar-refractivity contribution in [3.8, 4) is 5.75 Å². The maximum Gasteiger partial charge on any atom is 0.251 e. The van der Waals surface area contributed by atoms with Crippen LogP contribution in [0.25, 0.3) is 0 Å². The summed E-state index contributed by atoms with van der Waals surface area (Å²) < 4.78 is 5.71. The van der Waals surface area contributed by atoms with Crippen molar-refractivity contribution in [2.45, 2.75) is 27.7 Å². The van der Waals surface area contributed by atoms with Crippen LogP contribution in [0.5, 0.6) is 5.75 Å². The normalized spacial score (nSPS) is 10.4. The van der Waals surface area contributed by atoms with Gasteiger partial charge in [-0.1, -0.05) is 35.4 Å². The van der Waals surface area contributed by atoms with E-state index in [1.807, 2.05) is 51.1 Å². The number of ether oxygens (including phenoxy) is 1. The van der Waals surface area contributed by atoms with E-state index in [9.17, 15) is 4.79 Å². The van der Waals surface area contributed by atoms with Gasteiger partial charge in [-0.25, -0.2) is 0 Å². The highest BCUT2D eigenvalue weighted by Gasteiger charge is 2.08. The molecule has 1 amide bonds. The second-order valence-electron chi connectivity index (χ2n) is 5.69. The molecule has 0 atom stereocenters. The average Bonchev–Trinajstić information content (AvgIpc) is 2.45. The van der Waals surface area contributed by atoms with Crippen LogP contribution in [0.15, 0.2) is 36.4 Å². The topological polar surface area (TPSA) is 38.3 Å². The van der Waals surface area contributed by atoms with Crippen LogP contribution in [0.3, 0.4) is 0 Å². The van der Waals surface area contributed by atoms with Crippen LogP contribution in [0.4, 0.5) is 0 Å². The highest BCUT2D eigenvalue weighted by atomic mass is 16.5. The lowest BCUT2D eigenvalue weighted by molar-refractivity contribution is 0.0946. The van der Waals surface area contributed by atoms with Crippen LogP contribution in [0.1, 0.15) is 32.6 Å². The Labute approximate surface area is 132 Å². The summed E-state index contributed by atoms with van der Waals surface area (Å²) in [5, 5.41) is 2.90. The van der Waals surface area contributed by atoms with Crippen LogP contribution in [0, 0.1) is 27.7 Å². The number of hydrogen-bond acceptors (Lipinski definition) is 2. The van der Waals surface area contributed by atoms with Gasteiger partial charge in [0.1, 0.15) is 12.4 Å². The Balaban J connectivity index is 1.84. The molecule has 0 spiro atoms. The molecule has 0 fully saturated rings. The van der Waals surface area contributed by atoms with Gasteiger partial charge in [-0.15, -0.1) is 0 Å². The minimum Gasteiger partial charge on any atom is -0.491 e. The van der Waals surface area contributed by atoms with Gasteiger partial charge in [0.15, 0.2) is 0 Å². The van der Waals surface area contributed by atoms with Gasteiger partial charge in [0.25, 0.3) is 5.91 Å². The number of hydrogen-bond donors (Lipinski definition) is 1. The second-order valence-corrected chi connectivity index (χ2v) is 5.69. The van der Waals surface area contributed by atoms with Crippen molar-refractivity contribution in [1.82, 2.24) is 5.32 Å². The largest absolute Gasteiger partial charge is 0.491 e. The molecule has 0 aliphatic heterocycles. The molecule has 0 bridgehead atoms. The van der Waals surface area contributed by atoms with Crippen molar-refractivity contribution in [3.63, 3.8) is 0 Å². The van der Waals surface area contributed by atoms with Crippen LogP contribution in [0.2, 0.25) is 0 Å². The fourth-order valence-corrected chi connectivity index (χ4v) is 2.45. The minimum absolute atomic E-state index is 0.0540. The molecule has 1 N–H and O–H groups in total. The van der Waals surface area contributed by atoms with E-state index in [-0.39, 0.29) is 5.91 Å². The number of nitrogens with one attached hydrogen (secondary N) is 1. The molecule has 0 heterocycles. The lowest BCUT2D eigenvalue weighted by Crippen LogP contribution is -2.28. The van der Waals surface area contributed by atoms with Gasteiger partial charge in [-0.2, -0.15) is 0 Å². The fraction of sp³-hybridized carbons (Fsp3) is 0.316. The molecule has 0 saturated carbocycles. The maximum atomic E-state index is 12.1. The Bertz CT molecular complexity index is 677. The minimum atomic E-state index is -0.0540. The second kappa shape index (κ2) is 7.12. The van der Waals surface area contributed by atoms with Crippen molar-refractivity contribution >= 4 is 5.91 Å². The summed E-state index contributed by atoms with van der Waals surface area (Å²) in [4.78, 5) is 12.1. The quantitative estimate of drug-likeness (QED) is 0.854. The van der Waals surface area contributed by atoms with Gasteiger partial charge in [0.2, 0.25) is 0 Å². The van der Waals surface area contributed by atoms with E-state index >= 15 is 0 Å².